The minimum Gasteiger partial charge on any atom is -0.750 e. The Kier molecular flexibility index (Phi) is 12.3. The van der Waals surface area contributed by atoms with Crippen LogP contribution in [0.25, 0.3) is 0 Å². The zero-order chi connectivity index (χ0) is 8.69. The Hall–Kier alpha value is 0.667. The molecule has 0 amide bonds. The molecule has 0 aliphatic carbocycles. The van der Waals surface area contributed by atoms with E-state index in [0.29, 0.717) is 12.5 Å². The molecule has 3 nitrogen and oxygen atoms in total. The molecule has 0 bridgehead atoms. The Bertz CT molecular complexity index is 119. The van der Waals surface area contributed by atoms with Crippen molar-refractivity contribution in [2.75, 3.05) is 6.61 Å². The first-order valence-electron chi connectivity index (χ1n) is 3.85. The normalized spacial score (nSPS) is 12.7. The molecule has 0 fully saturated rings. The Morgan fingerprint density at radius 2 is 2.00 bits per heavy atom. The SMILES string of the molecule is CC(C)CCCCOS(=O)[O-].[Li+]. The summed E-state index contributed by atoms with van der Waals surface area (Å²) < 4.78 is 24.1. The molecule has 0 aromatic heterocycles. The molecule has 12 heavy (non-hydrogen) atoms. The van der Waals surface area contributed by atoms with Gasteiger partial charge in [0, 0.05) is 0 Å². The third-order valence-corrected chi connectivity index (χ3v) is 1.71. The van der Waals surface area contributed by atoms with Gasteiger partial charge in [-0.05, 0) is 12.3 Å². The molecule has 0 heterocycles. The first kappa shape index (κ1) is 15.2. The summed E-state index contributed by atoms with van der Waals surface area (Å²) >= 11 is -2.33. The molecule has 0 aliphatic rings. The molecule has 68 valence electrons. The zero-order valence-electron chi connectivity index (χ0n) is 8.04. The molecular formula is C7H15LiO3S. The second kappa shape index (κ2) is 9.75. The fraction of sp³-hybridized carbons (Fsp3) is 1.00. The third kappa shape index (κ3) is 13.3. The molecule has 0 aromatic rings. The molecule has 0 spiro atoms. The molecular weight excluding hydrogens is 171 g/mol. The van der Waals surface area contributed by atoms with E-state index in [9.17, 15) is 8.76 Å². The maximum atomic E-state index is 9.87. The van der Waals surface area contributed by atoms with Gasteiger partial charge in [0.15, 0.2) is 0 Å². The Labute approximate surface area is 88.9 Å². The molecule has 0 radical (unpaired) electrons. The van der Waals surface area contributed by atoms with E-state index in [1.54, 1.807) is 0 Å². The van der Waals surface area contributed by atoms with Gasteiger partial charge < -0.3 is 8.74 Å². The average molecular weight is 186 g/mol. The number of unbranched alkanes of at least 4 members (excludes halogenated alkanes) is 1. The van der Waals surface area contributed by atoms with Gasteiger partial charge in [-0.3, -0.25) is 0 Å². The predicted octanol–water partition coefficient (Wildman–Crippen LogP) is -1.37. The van der Waals surface area contributed by atoms with E-state index in [0.717, 1.165) is 19.3 Å². The van der Waals surface area contributed by atoms with Gasteiger partial charge in [-0.25, -0.2) is 4.21 Å². The largest absolute Gasteiger partial charge is 1.00 e. The van der Waals surface area contributed by atoms with E-state index in [1.807, 2.05) is 0 Å². The molecule has 0 rings (SSSR count). The van der Waals surface area contributed by atoms with Gasteiger partial charge in [-0.2, -0.15) is 0 Å². The van der Waals surface area contributed by atoms with E-state index >= 15 is 0 Å². The van der Waals surface area contributed by atoms with Crippen LogP contribution in [-0.4, -0.2) is 15.4 Å². The van der Waals surface area contributed by atoms with Crippen LogP contribution in [0.15, 0.2) is 0 Å². The summed E-state index contributed by atoms with van der Waals surface area (Å²) in [6.45, 7) is 4.61. The van der Waals surface area contributed by atoms with E-state index in [-0.39, 0.29) is 18.9 Å². The van der Waals surface area contributed by atoms with Crippen molar-refractivity contribution in [3.05, 3.63) is 0 Å². The fourth-order valence-corrected chi connectivity index (χ4v) is 1.04. The summed E-state index contributed by atoms with van der Waals surface area (Å²) in [6, 6.07) is 0. The molecule has 0 saturated heterocycles. The van der Waals surface area contributed by atoms with Crippen molar-refractivity contribution in [2.24, 2.45) is 5.92 Å². The van der Waals surface area contributed by atoms with Crippen LogP contribution in [0.2, 0.25) is 0 Å². The van der Waals surface area contributed by atoms with Crippen LogP contribution in [0.3, 0.4) is 0 Å². The van der Waals surface area contributed by atoms with Gasteiger partial charge in [-0.1, -0.05) is 26.7 Å². The Morgan fingerprint density at radius 1 is 1.42 bits per heavy atom. The van der Waals surface area contributed by atoms with Crippen LogP contribution < -0.4 is 18.9 Å². The van der Waals surface area contributed by atoms with Crippen molar-refractivity contribution < 1.29 is 31.8 Å². The summed E-state index contributed by atoms with van der Waals surface area (Å²) in [5.74, 6) is 0.688. The van der Waals surface area contributed by atoms with Crippen molar-refractivity contribution in [3.8, 4) is 0 Å². The van der Waals surface area contributed by atoms with Gasteiger partial charge in [0.25, 0.3) is 0 Å². The Morgan fingerprint density at radius 3 is 2.42 bits per heavy atom. The van der Waals surface area contributed by atoms with Crippen LogP contribution in [0.4, 0.5) is 0 Å². The molecule has 0 aromatic carbocycles. The van der Waals surface area contributed by atoms with Crippen LogP contribution in [0.1, 0.15) is 33.1 Å². The van der Waals surface area contributed by atoms with Crippen LogP contribution in [0, 0.1) is 5.92 Å². The first-order chi connectivity index (χ1) is 5.13. The minimum absolute atomic E-state index is 0. The maximum Gasteiger partial charge on any atom is 1.00 e. The second-order valence-corrected chi connectivity index (χ2v) is 3.56. The third-order valence-electron chi connectivity index (χ3n) is 1.36. The van der Waals surface area contributed by atoms with Gasteiger partial charge in [0.2, 0.25) is 0 Å². The number of rotatable bonds is 6. The zero-order valence-corrected chi connectivity index (χ0v) is 8.86. The maximum absolute atomic E-state index is 9.87. The molecule has 0 saturated carbocycles. The van der Waals surface area contributed by atoms with Crippen molar-refractivity contribution >= 4 is 11.4 Å². The molecule has 1 atom stereocenters. The molecule has 0 aliphatic heterocycles. The van der Waals surface area contributed by atoms with E-state index < -0.39 is 11.4 Å². The molecule has 0 N–H and O–H groups in total. The topological polar surface area (TPSA) is 49.4 Å². The van der Waals surface area contributed by atoms with Crippen molar-refractivity contribution in [1.29, 1.82) is 0 Å². The summed E-state index contributed by atoms with van der Waals surface area (Å²) in [6.07, 6.45) is 3.00. The summed E-state index contributed by atoms with van der Waals surface area (Å²) in [7, 11) is 0. The van der Waals surface area contributed by atoms with Crippen LogP contribution in [0.5, 0.6) is 0 Å². The average Bonchev–Trinajstić information content (AvgIpc) is 1.85. The van der Waals surface area contributed by atoms with Crippen molar-refractivity contribution in [1.82, 2.24) is 0 Å². The monoisotopic (exact) mass is 186 g/mol. The van der Waals surface area contributed by atoms with Crippen LogP contribution >= 0.6 is 0 Å². The van der Waals surface area contributed by atoms with Crippen molar-refractivity contribution in [2.45, 2.75) is 33.1 Å². The van der Waals surface area contributed by atoms with Gasteiger partial charge in [-0.15, -0.1) is 0 Å². The van der Waals surface area contributed by atoms with Crippen LogP contribution in [-0.2, 0) is 15.5 Å². The minimum atomic E-state index is -2.33. The van der Waals surface area contributed by atoms with E-state index in [2.05, 4.69) is 18.0 Å². The summed E-state index contributed by atoms with van der Waals surface area (Å²) in [5, 5.41) is 0. The van der Waals surface area contributed by atoms with Gasteiger partial charge >= 0.3 is 18.9 Å². The van der Waals surface area contributed by atoms with Crippen molar-refractivity contribution in [3.63, 3.8) is 0 Å². The van der Waals surface area contributed by atoms with E-state index in [1.165, 1.54) is 0 Å². The molecule has 1 unspecified atom stereocenters. The smallest absolute Gasteiger partial charge is 0.750 e. The Balaban J connectivity index is 0. The fourth-order valence-electron chi connectivity index (χ4n) is 0.782. The standard InChI is InChI=1S/C7H16O3S.Li/c1-7(2)5-3-4-6-10-11(8)9;/h7H,3-6H2,1-2H3,(H,8,9);/q;+1/p-1. The van der Waals surface area contributed by atoms with Gasteiger partial charge in [0.1, 0.15) is 0 Å². The number of hydrogen-bond acceptors (Lipinski definition) is 3. The quantitative estimate of drug-likeness (QED) is 0.292. The summed E-state index contributed by atoms with van der Waals surface area (Å²) in [4.78, 5) is 0. The first-order valence-corrected chi connectivity index (χ1v) is 4.85. The number of hydrogen-bond donors (Lipinski definition) is 0. The predicted molar refractivity (Wildman–Crippen MR) is 43.6 cm³/mol. The van der Waals surface area contributed by atoms with E-state index in [4.69, 9.17) is 0 Å². The second-order valence-electron chi connectivity index (χ2n) is 2.92. The molecule has 5 heteroatoms. The summed E-state index contributed by atoms with van der Waals surface area (Å²) in [5.41, 5.74) is 0. The van der Waals surface area contributed by atoms with Gasteiger partial charge in [0.05, 0.1) is 18.0 Å².